The third kappa shape index (κ3) is 4.45. The first-order valence-electron chi connectivity index (χ1n) is 6.77. The first kappa shape index (κ1) is 16.3. The maximum Gasteiger partial charge on any atom is 0.273 e. The highest BCUT2D eigenvalue weighted by Crippen LogP contribution is 2.16. The van der Waals surface area contributed by atoms with E-state index >= 15 is 0 Å². The van der Waals surface area contributed by atoms with Gasteiger partial charge in [0.25, 0.3) is 11.6 Å². The molecule has 1 amide bonds. The molecule has 0 saturated heterocycles. The molecule has 7 heteroatoms. The number of amides is 1. The molecule has 0 bridgehead atoms. The van der Waals surface area contributed by atoms with Gasteiger partial charge in [-0.05, 0) is 5.56 Å². The Morgan fingerprint density at radius 2 is 2.00 bits per heavy atom. The Hall–Kier alpha value is -3.06. The molecular weight excluding hydrogens is 298 g/mol. The van der Waals surface area contributed by atoms with Crippen molar-refractivity contribution >= 4 is 17.8 Å². The molecular formula is C16H15N3O4. The number of hydrogen-bond donors (Lipinski definition) is 1. The van der Waals surface area contributed by atoms with E-state index in [0.717, 1.165) is 0 Å². The van der Waals surface area contributed by atoms with Crippen LogP contribution in [0, 0.1) is 10.1 Å². The highest BCUT2D eigenvalue weighted by atomic mass is 16.6. The van der Waals surface area contributed by atoms with Crippen LogP contribution in [0.15, 0.2) is 59.7 Å². The average molecular weight is 313 g/mol. The lowest BCUT2D eigenvalue weighted by Crippen LogP contribution is -2.26. The molecule has 2 aromatic rings. The second-order valence-corrected chi connectivity index (χ2v) is 4.61. The number of nitrogens with one attached hydrogen (secondary N) is 1. The zero-order valence-corrected chi connectivity index (χ0v) is 12.4. The Balaban J connectivity index is 2.03. The lowest BCUT2D eigenvalue weighted by Gasteiger charge is -2.13. The van der Waals surface area contributed by atoms with Gasteiger partial charge in [-0.25, -0.2) is 5.43 Å². The molecule has 1 N–H and O–H groups in total. The van der Waals surface area contributed by atoms with E-state index in [1.807, 2.05) is 6.07 Å². The molecule has 0 aliphatic heterocycles. The van der Waals surface area contributed by atoms with Gasteiger partial charge in [0.2, 0.25) is 0 Å². The normalized spacial score (nSPS) is 12.0. The molecule has 118 valence electrons. The number of ether oxygens (including phenoxy) is 1. The number of benzene rings is 2. The van der Waals surface area contributed by atoms with Gasteiger partial charge in [-0.3, -0.25) is 14.9 Å². The van der Waals surface area contributed by atoms with E-state index < -0.39 is 16.9 Å². The van der Waals surface area contributed by atoms with E-state index in [0.29, 0.717) is 11.1 Å². The zero-order valence-electron chi connectivity index (χ0n) is 12.4. The van der Waals surface area contributed by atoms with Crippen molar-refractivity contribution in [3.8, 4) is 0 Å². The second-order valence-electron chi connectivity index (χ2n) is 4.61. The summed E-state index contributed by atoms with van der Waals surface area (Å²) in [5.74, 6) is -0.430. The van der Waals surface area contributed by atoms with Crippen molar-refractivity contribution in [3.05, 3.63) is 75.8 Å². The van der Waals surface area contributed by atoms with Crippen LogP contribution in [-0.2, 0) is 9.53 Å². The van der Waals surface area contributed by atoms with Crippen LogP contribution < -0.4 is 5.43 Å². The van der Waals surface area contributed by atoms with Crippen LogP contribution in [0.25, 0.3) is 0 Å². The van der Waals surface area contributed by atoms with Gasteiger partial charge in [0.15, 0.2) is 6.10 Å². The Bertz CT molecular complexity index is 716. The van der Waals surface area contributed by atoms with Crippen LogP contribution >= 0.6 is 0 Å². The number of carbonyl (C=O) groups excluding carboxylic acids is 1. The van der Waals surface area contributed by atoms with E-state index in [1.54, 1.807) is 36.4 Å². The van der Waals surface area contributed by atoms with Gasteiger partial charge >= 0.3 is 0 Å². The minimum atomic E-state index is -0.779. The standard InChI is InChI=1S/C16H15N3O4/c1-23-15(13-7-3-2-4-8-13)16(20)18-17-11-12-6-5-9-14(10-12)19(21)22/h2-11,15H,1H3,(H,18,20). The van der Waals surface area contributed by atoms with Gasteiger partial charge in [0.05, 0.1) is 11.1 Å². The van der Waals surface area contributed by atoms with Crippen molar-refractivity contribution in [2.45, 2.75) is 6.10 Å². The number of hydrazone groups is 1. The van der Waals surface area contributed by atoms with Crippen molar-refractivity contribution in [3.63, 3.8) is 0 Å². The van der Waals surface area contributed by atoms with Crippen LogP contribution in [0.4, 0.5) is 5.69 Å². The number of methoxy groups -OCH3 is 1. The molecule has 7 nitrogen and oxygen atoms in total. The van der Waals surface area contributed by atoms with Gasteiger partial charge in [-0.2, -0.15) is 5.10 Å². The fourth-order valence-corrected chi connectivity index (χ4v) is 1.97. The van der Waals surface area contributed by atoms with Gasteiger partial charge < -0.3 is 4.74 Å². The topological polar surface area (TPSA) is 93.8 Å². The molecule has 0 saturated carbocycles. The molecule has 2 rings (SSSR count). The van der Waals surface area contributed by atoms with Gasteiger partial charge in [0, 0.05) is 24.8 Å². The summed E-state index contributed by atoms with van der Waals surface area (Å²) in [6.07, 6.45) is 0.557. The van der Waals surface area contributed by atoms with Crippen molar-refractivity contribution in [1.29, 1.82) is 0 Å². The Kier molecular flexibility index (Phi) is 5.54. The molecule has 0 heterocycles. The molecule has 0 radical (unpaired) electrons. The Morgan fingerprint density at radius 3 is 2.65 bits per heavy atom. The molecule has 0 aromatic heterocycles. The number of hydrogen-bond acceptors (Lipinski definition) is 5. The SMILES string of the molecule is COC(C(=O)NN=Cc1cccc([N+](=O)[O-])c1)c1ccccc1. The lowest BCUT2D eigenvalue weighted by atomic mass is 10.1. The third-order valence-corrected chi connectivity index (χ3v) is 3.05. The summed E-state index contributed by atoms with van der Waals surface area (Å²) in [6.45, 7) is 0. The van der Waals surface area contributed by atoms with Crippen molar-refractivity contribution < 1.29 is 14.5 Å². The summed E-state index contributed by atoms with van der Waals surface area (Å²) in [5.41, 5.74) is 3.54. The third-order valence-electron chi connectivity index (χ3n) is 3.05. The molecule has 0 fully saturated rings. The van der Waals surface area contributed by atoms with Gasteiger partial charge in [-0.1, -0.05) is 42.5 Å². The summed E-state index contributed by atoms with van der Waals surface area (Å²) < 4.78 is 5.18. The minimum absolute atomic E-state index is 0.0423. The summed E-state index contributed by atoms with van der Waals surface area (Å²) in [6, 6.07) is 14.9. The maximum absolute atomic E-state index is 12.1. The molecule has 0 spiro atoms. The number of non-ortho nitro benzene ring substituents is 1. The van der Waals surface area contributed by atoms with Crippen molar-refractivity contribution in [1.82, 2.24) is 5.43 Å². The fraction of sp³-hybridized carbons (Fsp3) is 0.125. The second kappa shape index (κ2) is 7.81. The lowest BCUT2D eigenvalue weighted by molar-refractivity contribution is -0.384. The molecule has 2 aromatic carbocycles. The first-order valence-corrected chi connectivity index (χ1v) is 6.77. The molecule has 1 atom stereocenters. The van der Waals surface area contributed by atoms with Crippen molar-refractivity contribution in [2.75, 3.05) is 7.11 Å². The molecule has 23 heavy (non-hydrogen) atoms. The zero-order chi connectivity index (χ0) is 16.7. The summed E-state index contributed by atoms with van der Waals surface area (Å²) in [4.78, 5) is 22.3. The average Bonchev–Trinajstić information content (AvgIpc) is 2.57. The largest absolute Gasteiger partial charge is 0.367 e. The van der Waals surface area contributed by atoms with E-state index in [2.05, 4.69) is 10.5 Å². The summed E-state index contributed by atoms with van der Waals surface area (Å²) >= 11 is 0. The number of nitro groups is 1. The van der Waals surface area contributed by atoms with E-state index in [9.17, 15) is 14.9 Å². The van der Waals surface area contributed by atoms with E-state index in [-0.39, 0.29) is 5.69 Å². The minimum Gasteiger partial charge on any atom is -0.367 e. The van der Waals surface area contributed by atoms with E-state index in [1.165, 1.54) is 25.5 Å². The van der Waals surface area contributed by atoms with Crippen LogP contribution in [0.3, 0.4) is 0 Å². The molecule has 0 aliphatic carbocycles. The van der Waals surface area contributed by atoms with Crippen LogP contribution in [0.2, 0.25) is 0 Å². The Morgan fingerprint density at radius 1 is 1.26 bits per heavy atom. The van der Waals surface area contributed by atoms with Crippen molar-refractivity contribution in [2.24, 2.45) is 5.10 Å². The highest BCUT2D eigenvalue weighted by Gasteiger charge is 2.19. The monoisotopic (exact) mass is 313 g/mol. The Labute approximate surface area is 132 Å². The molecule has 1 unspecified atom stereocenters. The summed E-state index contributed by atoms with van der Waals surface area (Å²) in [5, 5.41) is 14.5. The van der Waals surface area contributed by atoms with E-state index in [4.69, 9.17) is 4.74 Å². The van der Waals surface area contributed by atoms with Gasteiger partial charge in [-0.15, -0.1) is 0 Å². The van der Waals surface area contributed by atoms with Crippen LogP contribution in [0.5, 0.6) is 0 Å². The van der Waals surface area contributed by atoms with Crippen LogP contribution in [0.1, 0.15) is 17.2 Å². The predicted molar refractivity (Wildman–Crippen MR) is 85.0 cm³/mol. The number of rotatable bonds is 6. The number of carbonyl (C=O) groups is 1. The fourth-order valence-electron chi connectivity index (χ4n) is 1.97. The summed E-state index contributed by atoms with van der Waals surface area (Å²) in [7, 11) is 1.43. The molecule has 0 aliphatic rings. The smallest absolute Gasteiger partial charge is 0.273 e. The van der Waals surface area contributed by atoms with Crippen LogP contribution in [-0.4, -0.2) is 24.2 Å². The quantitative estimate of drug-likeness (QED) is 0.503. The maximum atomic E-state index is 12.1. The predicted octanol–water partition coefficient (Wildman–Crippen LogP) is 2.43. The number of nitrogens with zero attached hydrogens (tertiary/aromatic N) is 2. The first-order chi connectivity index (χ1) is 11.1. The highest BCUT2D eigenvalue weighted by molar-refractivity contribution is 5.85. The number of nitro benzene ring substituents is 1. The van der Waals surface area contributed by atoms with Gasteiger partial charge in [0.1, 0.15) is 0 Å².